The molecule has 2 amide bonds. The number of aryl methyl sites for hydroxylation is 4. The molecule has 0 bridgehead atoms. The lowest BCUT2D eigenvalue weighted by Crippen LogP contribution is -2.29. The van der Waals surface area contributed by atoms with Crippen molar-refractivity contribution in [2.45, 2.75) is 74.0 Å². The van der Waals surface area contributed by atoms with E-state index >= 15 is 0 Å². The van der Waals surface area contributed by atoms with Crippen molar-refractivity contribution in [3.63, 3.8) is 0 Å². The van der Waals surface area contributed by atoms with Crippen LogP contribution in [0.15, 0.2) is 313 Å². The van der Waals surface area contributed by atoms with Crippen molar-refractivity contribution < 1.29 is 44.4 Å². The maximum absolute atomic E-state index is 12.6. The number of carboxylic acids is 2. The van der Waals surface area contributed by atoms with Gasteiger partial charge in [-0.15, -0.1) is 23.2 Å². The van der Waals surface area contributed by atoms with Crippen LogP contribution in [0.25, 0.3) is 113 Å². The Bertz CT molecular complexity index is 5970. The van der Waals surface area contributed by atoms with Gasteiger partial charge in [0, 0.05) is 16.7 Å². The molecule has 12 aromatic rings. The van der Waals surface area contributed by atoms with E-state index in [4.69, 9.17) is 34.7 Å². The van der Waals surface area contributed by atoms with E-state index in [2.05, 4.69) is 146 Å². The van der Waals surface area contributed by atoms with Crippen molar-refractivity contribution in [1.29, 1.82) is 0 Å². The number of carboxylic acid groups (broad SMARTS) is 2. The van der Waals surface area contributed by atoms with Gasteiger partial charge < -0.3 is 31.9 Å². The van der Waals surface area contributed by atoms with Crippen LogP contribution in [0.3, 0.4) is 0 Å². The Balaban J connectivity index is 0.000000143. The Morgan fingerprint density at radius 3 is 0.898 bits per heavy atom. The molecule has 588 valence electrons. The van der Waals surface area contributed by atoms with Crippen LogP contribution in [0.1, 0.15) is 123 Å². The molecule has 2 unspecified atom stereocenters. The molecule has 0 aliphatic heterocycles. The second kappa shape index (κ2) is 37.9. The van der Waals surface area contributed by atoms with Crippen LogP contribution < -0.4 is 11.5 Å². The van der Waals surface area contributed by atoms with Crippen LogP contribution in [0, 0.1) is 27.7 Å². The number of benzene rings is 12. The van der Waals surface area contributed by atoms with Crippen molar-refractivity contribution in [3.05, 3.63) is 402 Å². The number of hydrogen-bond acceptors (Lipinski definition) is 7. The molecule has 0 saturated carbocycles. The number of carbonyl (C=O) groups excluding carboxylic acids is 3. The number of allylic oxidation sites excluding steroid dienone is 8. The molecule has 0 fully saturated rings. The number of aliphatic hydroxyl groups is 2. The zero-order valence-electron chi connectivity index (χ0n) is 66.8. The molecule has 0 saturated heterocycles. The number of rotatable bonds is 16. The molecule has 4 aliphatic carbocycles. The molecule has 0 aromatic heterocycles. The highest BCUT2D eigenvalue weighted by atomic mass is 35.5. The summed E-state index contributed by atoms with van der Waals surface area (Å²) in [4.78, 5) is 59.1. The summed E-state index contributed by atoms with van der Waals surface area (Å²) in [6.45, 7) is 15.7. The van der Waals surface area contributed by atoms with Gasteiger partial charge in [0.1, 0.15) is 0 Å². The highest BCUT2D eigenvalue weighted by molar-refractivity contribution is 6.55. The van der Waals surface area contributed by atoms with Crippen molar-refractivity contribution in [1.82, 2.24) is 0 Å². The number of hydrogen-bond donors (Lipinski definition) is 6. The quantitative estimate of drug-likeness (QED) is 0.0400. The van der Waals surface area contributed by atoms with Crippen molar-refractivity contribution in [3.8, 4) is 44.5 Å². The van der Waals surface area contributed by atoms with E-state index in [9.17, 15) is 44.4 Å². The van der Waals surface area contributed by atoms with E-state index in [-0.39, 0.29) is 11.8 Å². The highest BCUT2D eigenvalue weighted by Crippen LogP contribution is 2.50. The Hall–Kier alpha value is -13.4. The van der Waals surface area contributed by atoms with Crippen molar-refractivity contribution in [2.24, 2.45) is 11.5 Å². The Morgan fingerprint density at radius 2 is 0.585 bits per heavy atom. The average molecular weight is 1590 g/mol. The van der Waals surface area contributed by atoms with E-state index < -0.39 is 41.7 Å². The average Bonchev–Trinajstić information content (AvgIpc) is 1.60. The number of primary amides is 2. The van der Waals surface area contributed by atoms with Crippen LogP contribution in [-0.4, -0.2) is 67.5 Å². The lowest BCUT2D eigenvalue weighted by molar-refractivity contribution is -0.143. The van der Waals surface area contributed by atoms with Gasteiger partial charge in [-0.1, -0.05) is 291 Å². The third-order valence-electron chi connectivity index (χ3n) is 21.8. The minimum atomic E-state index is -1.55. The zero-order valence-corrected chi connectivity index (χ0v) is 68.3. The van der Waals surface area contributed by atoms with Gasteiger partial charge in [0.2, 0.25) is 0 Å². The second-order valence-electron chi connectivity index (χ2n) is 29.1. The molecule has 13 heteroatoms. The summed E-state index contributed by atoms with van der Waals surface area (Å²) < 4.78 is 0. The van der Waals surface area contributed by atoms with Crippen LogP contribution in [-0.2, 0) is 24.0 Å². The molecule has 16 rings (SSSR count). The molecule has 0 radical (unpaired) electrons. The monoisotopic (exact) mass is 1590 g/mol. The van der Waals surface area contributed by atoms with Gasteiger partial charge in [-0.05, 0) is 263 Å². The Kier molecular flexibility index (Phi) is 27.0. The van der Waals surface area contributed by atoms with Crippen LogP contribution in [0.5, 0.6) is 0 Å². The van der Waals surface area contributed by atoms with Gasteiger partial charge >= 0.3 is 11.9 Å². The van der Waals surface area contributed by atoms with E-state index in [1.54, 1.807) is 0 Å². The SMILES string of the molecule is CC1=C(C(=O)C(N)=O)c2c(C)cccc2/C1=C\c1ccccc1-c1ccccc1.CC1=C(C(O)C(=O)O)c2c(C)cccc2/C1=C\c1ccccc1-c1ccccc1.CC1=C(C(O)C(N)=O)c2c(C)cccc2/C1=C\c1ccccc1-c1ccccc1.CC1=C(CC(=O)O)c2c(C)cccc2/C1=C\c1ccccc1-c1ccccc1.ClCCl. The number of ketones is 1. The summed E-state index contributed by atoms with van der Waals surface area (Å²) in [5, 5.41) is 40.0. The topological polar surface area (TPSA) is 218 Å². The second-order valence-corrected chi connectivity index (χ2v) is 29.9. The first-order chi connectivity index (χ1) is 56.9. The predicted molar refractivity (Wildman–Crippen MR) is 486 cm³/mol. The molecule has 8 N–H and O–H groups in total. The number of aliphatic hydroxyl groups excluding tert-OH is 2. The van der Waals surface area contributed by atoms with Gasteiger partial charge in [0.15, 0.2) is 12.2 Å². The lowest BCUT2D eigenvalue weighted by atomic mass is 9.94. The summed E-state index contributed by atoms with van der Waals surface area (Å²) >= 11 is 9.53. The molecule has 0 spiro atoms. The van der Waals surface area contributed by atoms with Crippen molar-refractivity contribution in [2.75, 3.05) is 5.34 Å². The fraction of sp³-hybridized carbons (Fsp3) is 0.114. The summed E-state index contributed by atoms with van der Waals surface area (Å²) in [5.74, 6) is -4.34. The minimum Gasteiger partial charge on any atom is -0.481 e. The molecule has 118 heavy (non-hydrogen) atoms. The molecule has 4 aliphatic rings. The number of fused-ring (bicyclic) bond motifs is 4. The number of aliphatic carboxylic acids is 2. The molecular weight excluding hydrogens is 1500 g/mol. The number of amides is 2. The van der Waals surface area contributed by atoms with E-state index in [0.717, 1.165) is 173 Å². The molecule has 11 nitrogen and oxygen atoms in total. The lowest BCUT2D eigenvalue weighted by Gasteiger charge is -2.13. The van der Waals surface area contributed by atoms with Crippen LogP contribution >= 0.6 is 23.2 Å². The van der Waals surface area contributed by atoms with Gasteiger partial charge in [-0.25, -0.2) is 4.79 Å². The minimum absolute atomic E-state index is 0.0430. The number of carbonyl (C=O) groups is 5. The largest absolute Gasteiger partial charge is 0.481 e. The predicted octanol–water partition coefficient (Wildman–Crippen LogP) is 23.2. The molecular formula is C105H90Cl2N2O9. The third-order valence-corrected chi connectivity index (χ3v) is 21.8. The summed E-state index contributed by atoms with van der Waals surface area (Å²) in [5.41, 5.74) is 45.8. The summed E-state index contributed by atoms with van der Waals surface area (Å²) in [7, 11) is 0. The van der Waals surface area contributed by atoms with Gasteiger partial charge in [0.25, 0.3) is 17.6 Å². The molecule has 0 heterocycles. The molecule has 2 atom stereocenters. The van der Waals surface area contributed by atoms with E-state index in [1.165, 1.54) is 11.1 Å². The van der Waals surface area contributed by atoms with Gasteiger partial charge in [-0.3, -0.25) is 19.2 Å². The van der Waals surface area contributed by atoms with Crippen LogP contribution in [0.4, 0.5) is 0 Å². The van der Waals surface area contributed by atoms with Gasteiger partial charge in [-0.2, -0.15) is 0 Å². The fourth-order valence-corrected chi connectivity index (χ4v) is 16.3. The first kappa shape index (κ1) is 84.0. The number of Topliss-reactive ketones (excluding diaryl/α,β-unsaturated/α-hetero) is 1. The van der Waals surface area contributed by atoms with E-state index in [1.807, 2.05) is 224 Å². The summed E-state index contributed by atoms with van der Waals surface area (Å²) in [6, 6.07) is 97.8. The number of nitrogens with two attached hydrogens (primary N) is 2. The number of alkyl halides is 2. The third kappa shape index (κ3) is 18.0. The standard InChI is InChI=1S/C26H23NO2.C26H21NO2.C26H22O3.C26H22O2.CH2Cl2/c2*1-16-9-8-14-21-22(17(2)24(23(16)21)25(28)26(27)29)15-19-12-6-7-13-20(19)18-10-4-3-5-11-18;1-16-9-8-14-21-22(17(2)24(23(16)21)25(27)26(28)29)15-19-12-6-7-13-20(19)18-10-4-3-5-11-18;1-17-9-8-14-22-23(18(2)24(26(17)22)16-25(27)28)15-20-12-6-7-13-21(20)19-10-4-3-5-11-19;2-1-3/h3-15,25,28H,1-2H3,(H2,27,29);3-15H,1-2H3,(H2,27,29);3-15,25,27H,1-2H3,(H,28,29);3-15H,16H2,1-2H3,(H,27,28);1H2/b3*22-15-;23-15-;. The summed E-state index contributed by atoms with van der Waals surface area (Å²) in [6.07, 6.45) is 5.69. The van der Waals surface area contributed by atoms with E-state index in [0.29, 0.717) is 16.7 Å². The molecule has 12 aromatic carbocycles. The Morgan fingerprint density at radius 1 is 0.322 bits per heavy atom. The van der Waals surface area contributed by atoms with Crippen LogP contribution in [0.2, 0.25) is 0 Å². The highest BCUT2D eigenvalue weighted by Gasteiger charge is 2.36. The first-order valence-corrected chi connectivity index (χ1v) is 39.8. The Labute approximate surface area is 699 Å². The number of halogens is 2. The fourth-order valence-electron chi connectivity index (χ4n) is 16.3. The normalized spacial score (nSPS) is 14.7. The van der Waals surface area contributed by atoms with Crippen molar-refractivity contribution >= 4 is 122 Å². The maximum atomic E-state index is 12.6. The zero-order chi connectivity index (χ0) is 84.0. The smallest absolute Gasteiger partial charge is 0.337 e. The first-order valence-electron chi connectivity index (χ1n) is 38.7. The van der Waals surface area contributed by atoms with Gasteiger partial charge in [0.05, 0.1) is 11.8 Å². The maximum Gasteiger partial charge on any atom is 0.337 e.